The van der Waals surface area contributed by atoms with Crippen molar-refractivity contribution >= 4 is 37.4 Å². The van der Waals surface area contributed by atoms with E-state index in [4.69, 9.17) is 5.14 Å². The molecule has 142 valence electrons. The van der Waals surface area contributed by atoms with Gasteiger partial charge in [-0.1, -0.05) is 19.1 Å². The van der Waals surface area contributed by atoms with E-state index in [1.54, 1.807) is 41.9 Å². The van der Waals surface area contributed by atoms with Crippen LogP contribution in [0.1, 0.15) is 29.3 Å². The summed E-state index contributed by atoms with van der Waals surface area (Å²) in [6.45, 7) is 3.02. The van der Waals surface area contributed by atoms with Gasteiger partial charge in [0.2, 0.25) is 10.0 Å². The number of sulfonamides is 1. The monoisotopic (exact) mass is 402 g/mol. The molecule has 0 saturated heterocycles. The van der Waals surface area contributed by atoms with Crippen LogP contribution in [0.4, 0.5) is 5.82 Å². The van der Waals surface area contributed by atoms with Crippen molar-refractivity contribution in [3.05, 3.63) is 46.6 Å². The van der Waals surface area contributed by atoms with Gasteiger partial charge in [0, 0.05) is 11.4 Å². The smallest absolute Gasteiger partial charge is 0.238 e. The molecule has 0 bridgehead atoms. The average molecular weight is 403 g/mol. The van der Waals surface area contributed by atoms with Gasteiger partial charge in [0.15, 0.2) is 0 Å². The molecule has 4 rings (SSSR count). The Morgan fingerprint density at radius 2 is 2.04 bits per heavy atom. The number of nitrogens with one attached hydrogen (secondary N) is 1. The Morgan fingerprint density at radius 3 is 2.78 bits per heavy atom. The standard InChI is InChI=1S/C19H22N4O2S2/c1-12-2-7-15-16(10-12)26-19-17(15)18(22-11-23-19)21-9-8-13-3-5-14(6-4-13)27(20,24)25/h3-6,11-12H,2,7-10H2,1H3,(H2,20,24,25)(H,21,22,23)/t12-/m0/s1. The fourth-order valence-corrected chi connectivity index (χ4v) is 5.45. The fraction of sp³-hybridized carbons (Fsp3) is 0.368. The van der Waals surface area contributed by atoms with E-state index in [0.29, 0.717) is 6.54 Å². The van der Waals surface area contributed by atoms with Gasteiger partial charge in [-0.2, -0.15) is 0 Å². The maximum absolute atomic E-state index is 11.3. The first kappa shape index (κ1) is 18.3. The number of primary sulfonamides is 1. The summed E-state index contributed by atoms with van der Waals surface area (Å²) < 4.78 is 22.7. The number of hydrogen-bond donors (Lipinski definition) is 2. The van der Waals surface area contributed by atoms with Gasteiger partial charge in [0.05, 0.1) is 10.3 Å². The Kier molecular flexibility index (Phi) is 4.88. The Labute approximate surface area is 162 Å². The molecule has 8 heteroatoms. The minimum absolute atomic E-state index is 0.135. The van der Waals surface area contributed by atoms with Crippen molar-refractivity contribution in [3.8, 4) is 0 Å². The van der Waals surface area contributed by atoms with Gasteiger partial charge in [0.1, 0.15) is 17.0 Å². The lowest BCUT2D eigenvalue weighted by Crippen LogP contribution is -2.12. The van der Waals surface area contributed by atoms with Crippen LogP contribution in [0.25, 0.3) is 10.2 Å². The van der Waals surface area contributed by atoms with Crippen LogP contribution in [0.2, 0.25) is 0 Å². The van der Waals surface area contributed by atoms with Crippen LogP contribution < -0.4 is 10.5 Å². The minimum atomic E-state index is -3.65. The number of fused-ring (bicyclic) bond motifs is 3. The Hall–Kier alpha value is -2.03. The molecule has 0 fully saturated rings. The summed E-state index contributed by atoms with van der Waals surface area (Å²) in [5, 5.41) is 9.75. The fourth-order valence-electron chi connectivity index (χ4n) is 3.58. The molecule has 2 aromatic heterocycles. The van der Waals surface area contributed by atoms with Gasteiger partial charge in [-0.05, 0) is 54.9 Å². The molecular weight excluding hydrogens is 380 g/mol. The highest BCUT2D eigenvalue weighted by molar-refractivity contribution is 7.89. The number of nitrogens with two attached hydrogens (primary N) is 1. The van der Waals surface area contributed by atoms with Gasteiger partial charge in [-0.3, -0.25) is 0 Å². The van der Waals surface area contributed by atoms with Gasteiger partial charge in [-0.15, -0.1) is 11.3 Å². The second-order valence-corrected chi connectivity index (χ2v) is 9.76. The maximum atomic E-state index is 11.3. The van der Waals surface area contributed by atoms with Crippen LogP contribution in [0.3, 0.4) is 0 Å². The molecule has 0 radical (unpaired) electrons. The van der Waals surface area contributed by atoms with E-state index in [1.807, 2.05) is 0 Å². The predicted molar refractivity (Wildman–Crippen MR) is 109 cm³/mol. The molecule has 3 aromatic rings. The number of rotatable bonds is 5. The summed E-state index contributed by atoms with van der Waals surface area (Å²) in [4.78, 5) is 11.6. The highest BCUT2D eigenvalue weighted by Crippen LogP contribution is 2.39. The number of thiophene rings is 1. The number of benzene rings is 1. The number of hydrogen-bond acceptors (Lipinski definition) is 6. The predicted octanol–water partition coefficient (Wildman–Crippen LogP) is 3.12. The largest absolute Gasteiger partial charge is 0.369 e. The SMILES string of the molecule is C[C@H]1CCc2c(sc3ncnc(NCCc4ccc(S(N)(=O)=O)cc4)c23)C1. The van der Waals surface area contributed by atoms with Gasteiger partial charge in [0.25, 0.3) is 0 Å². The van der Waals surface area contributed by atoms with Crippen LogP contribution in [-0.4, -0.2) is 24.9 Å². The summed E-state index contributed by atoms with van der Waals surface area (Å²) in [5.74, 6) is 1.63. The van der Waals surface area contributed by atoms with E-state index in [9.17, 15) is 8.42 Å². The summed E-state index contributed by atoms with van der Waals surface area (Å²) in [6.07, 6.45) is 5.82. The zero-order valence-electron chi connectivity index (χ0n) is 15.1. The molecule has 0 aliphatic heterocycles. The maximum Gasteiger partial charge on any atom is 0.238 e. The summed E-state index contributed by atoms with van der Waals surface area (Å²) in [7, 11) is -3.65. The lowest BCUT2D eigenvalue weighted by Gasteiger charge is -2.18. The average Bonchev–Trinajstić information content (AvgIpc) is 2.99. The molecule has 1 aromatic carbocycles. The third-order valence-corrected chi connectivity index (χ3v) is 7.14. The summed E-state index contributed by atoms with van der Waals surface area (Å²) in [5.41, 5.74) is 2.45. The lowest BCUT2D eigenvalue weighted by molar-refractivity contribution is 0.509. The third kappa shape index (κ3) is 3.83. The molecule has 0 saturated carbocycles. The van der Waals surface area contributed by atoms with E-state index >= 15 is 0 Å². The Morgan fingerprint density at radius 1 is 1.26 bits per heavy atom. The molecule has 1 aliphatic rings. The van der Waals surface area contributed by atoms with E-state index in [-0.39, 0.29) is 4.90 Å². The van der Waals surface area contributed by atoms with Gasteiger partial charge >= 0.3 is 0 Å². The number of aryl methyl sites for hydroxylation is 1. The summed E-state index contributed by atoms with van der Waals surface area (Å²) >= 11 is 1.79. The minimum Gasteiger partial charge on any atom is -0.369 e. The van der Waals surface area contributed by atoms with E-state index < -0.39 is 10.0 Å². The van der Waals surface area contributed by atoms with Crippen LogP contribution in [-0.2, 0) is 29.3 Å². The molecule has 0 amide bonds. The molecule has 27 heavy (non-hydrogen) atoms. The molecule has 1 atom stereocenters. The van der Waals surface area contributed by atoms with Crippen molar-refractivity contribution in [3.63, 3.8) is 0 Å². The Balaban J connectivity index is 1.49. The summed E-state index contributed by atoms with van der Waals surface area (Å²) in [6, 6.07) is 6.68. The van der Waals surface area contributed by atoms with Crippen molar-refractivity contribution in [1.82, 2.24) is 9.97 Å². The van der Waals surface area contributed by atoms with Crippen LogP contribution in [0, 0.1) is 5.92 Å². The topological polar surface area (TPSA) is 98.0 Å². The van der Waals surface area contributed by atoms with Gasteiger partial charge in [-0.25, -0.2) is 23.5 Å². The van der Waals surface area contributed by atoms with Crippen molar-refractivity contribution in [2.75, 3.05) is 11.9 Å². The Bertz CT molecular complexity index is 1080. The van der Waals surface area contributed by atoms with E-state index in [0.717, 1.165) is 41.4 Å². The number of anilines is 1. The van der Waals surface area contributed by atoms with E-state index in [1.165, 1.54) is 22.2 Å². The zero-order valence-corrected chi connectivity index (χ0v) is 16.7. The van der Waals surface area contributed by atoms with Gasteiger partial charge < -0.3 is 5.32 Å². The molecule has 2 heterocycles. The zero-order chi connectivity index (χ0) is 19.0. The van der Waals surface area contributed by atoms with Crippen LogP contribution in [0.15, 0.2) is 35.5 Å². The van der Waals surface area contributed by atoms with Crippen molar-refractivity contribution < 1.29 is 8.42 Å². The quantitative estimate of drug-likeness (QED) is 0.683. The molecular formula is C19H22N4O2S2. The van der Waals surface area contributed by atoms with Crippen LogP contribution >= 0.6 is 11.3 Å². The second kappa shape index (κ2) is 7.18. The first-order valence-corrected chi connectivity index (χ1v) is 11.4. The number of aromatic nitrogens is 2. The molecule has 6 nitrogen and oxygen atoms in total. The number of nitrogens with zero attached hydrogens (tertiary/aromatic N) is 2. The molecule has 0 spiro atoms. The normalized spacial score (nSPS) is 17.0. The van der Waals surface area contributed by atoms with Crippen molar-refractivity contribution in [2.24, 2.45) is 11.1 Å². The van der Waals surface area contributed by atoms with Crippen molar-refractivity contribution in [1.29, 1.82) is 0 Å². The molecule has 0 unspecified atom stereocenters. The first-order valence-electron chi connectivity index (χ1n) is 9.02. The first-order chi connectivity index (χ1) is 12.9. The lowest BCUT2D eigenvalue weighted by atomic mass is 9.89. The van der Waals surface area contributed by atoms with Crippen LogP contribution in [0.5, 0.6) is 0 Å². The second-order valence-electron chi connectivity index (χ2n) is 7.12. The third-order valence-electron chi connectivity index (χ3n) is 5.05. The highest BCUT2D eigenvalue weighted by atomic mass is 32.2. The highest BCUT2D eigenvalue weighted by Gasteiger charge is 2.22. The van der Waals surface area contributed by atoms with E-state index in [2.05, 4.69) is 22.2 Å². The molecule has 1 aliphatic carbocycles. The van der Waals surface area contributed by atoms with Crippen molar-refractivity contribution in [2.45, 2.75) is 37.5 Å². The molecule has 3 N–H and O–H groups in total.